The molecule has 3 aromatic rings. The highest BCUT2D eigenvalue weighted by Gasteiger charge is 2.39. The van der Waals surface area contributed by atoms with Gasteiger partial charge in [0.05, 0.1) is 34.5 Å². The van der Waals surface area contributed by atoms with Gasteiger partial charge in [0.2, 0.25) is 17.7 Å². The van der Waals surface area contributed by atoms with E-state index < -0.39 is 41.9 Å². The van der Waals surface area contributed by atoms with Crippen LogP contribution in [0.25, 0.3) is 11.1 Å². The summed E-state index contributed by atoms with van der Waals surface area (Å²) in [6.07, 6.45) is 0. The number of aliphatic carboxylic acids is 1. The lowest BCUT2D eigenvalue weighted by Gasteiger charge is -2.33. The molecule has 1 saturated heterocycles. The van der Waals surface area contributed by atoms with Gasteiger partial charge in [-0.3, -0.25) is 24.6 Å². The molecular formula is C31H32Cl3N5O8. The number of hydrogen-bond donors (Lipinski definition) is 4. The average molecular weight is 709 g/mol. The highest BCUT2D eigenvalue weighted by molar-refractivity contribution is 6.39. The third-order valence-electron chi connectivity index (χ3n) is 7.63. The van der Waals surface area contributed by atoms with Crippen LogP contribution in [0.15, 0.2) is 42.5 Å². The van der Waals surface area contributed by atoms with Gasteiger partial charge in [-0.05, 0) is 25.1 Å². The molecule has 1 aliphatic heterocycles. The summed E-state index contributed by atoms with van der Waals surface area (Å²) >= 11 is 20.0. The van der Waals surface area contributed by atoms with E-state index in [9.17, 15) is 29.4 Å². The highest BCUT2D eigenvalue weighted by Crippen LogP contribution is 2.41. The van der Waals surface area contributed by atoms with Gasteiger partial charge in [-0.2, -0.15) is 0 Å². The number of nitrogens with zero attached hydrogens (tertiary/aromatic N) is 3. The lowest BCUT2D eigenvalue weighted by molar-refractivity contribution is -0.146. The third kappa shape index (κ3) is 7.55. The van der Waals surface area contributed by atoms with Crippen molar-refractivity contribution in [3.05, 3.63) is 68.8 Å². The van der Waals surface area contributed by atoms with Crippen LogP contribution in [-0.4, -0.2) is 88.7 Å². The Hall–Kier alpha value is -4.14. The van der Waals surface area contributed by atoms with E-state index in [-0.39, 0.29) is 52.1 Å². The molecule has 13 nitrogen and oxygen atoms in total. The molecule has 4 N–H and O–H groups in total. The molecule has 16 heteroatoms. The number of urea groups is 1. The zero-order valence-electron chi connectivity index (χ0n) is 25.8. The number of aliphatic hydroxyl groups is 1. The van der Waals surface area contributed by atoms with Gasteiger partial charge < -0.3 is 29.9 Å². The summed E-state index contributed by atoms with van der Waals surface area (Å²) in [5, 5.41) is 25.0. The molecule has 250 valence electrons. The predicted octanol–water partition coefficient (Wildman–Crippen LogP) is 4.30. The number of anilines is 1. The highest BCUT2D eigenvalue weighted by atomic mass is 35.5. The molecule has 1 aliphatic rings. The molecule has 0 bridgehead atoms. The quantitative estimate of drug-likeness (QED) is 0.199. The molecule has 1 unspecified atom stereocenters. The fourth-order valence-electron chi connectivity index (χ4n) is 4.68. The minimum absolute atomic E-state index is 0.000718. The molecular weight excluding hydrogens is 677 g/mol. The predicted molar refractivity (Wildman–Crippen MR) is 175 cm³/mol. The van der Waals surface area contributed by atoms with Crippen LogP contribution in [0.4, 0.5) is 10.5 Å². The van der Waals surface area contributed by atoms with Crippen molar-refractivity contribution in [1.82, 2.24) is 20.1 Å². The van der Waals surface area contributed by atoms with Crippen LogP contribution >= 0.6 is 34.8 Å². The fourth-order valence-corrected chi connectivity index (χ4v) is 5.47. The monoisotopic (exact) mass is 707 g/mol. The number of carboxylic acids is 1. The van der Waals surface area contributed by atoms with Gasteiger partial charge in [0.15, 0.2) is 0 Å². The zero-order chi connectivity index (χ0) is 34.6. The minimum Gasteiger partial charge on any atom is -0.486 e. The van der Waals surface area contributed by atoms with Gasteiger partial charge >= 0.3 is 12.0 Å². The number of halogens is 3. The Bertz CT molecular complexity index is 1720. The molecule has 2 aromatic carbocycles. The second kappa shape index (κ2) is 14.7. The van der Waals surface area contributed by atoms with Crippen LogP contribution in [0, 0.1) is 5.92 Å². The summed E-state index contributed by atoms with van der Waals surface area (Å²) in [5.41, 5.74) is 0.405. The molecule has 0 aliphatic carbocycles. The van der Waals surface area contributed by atoms with Crippen LogP contribution in [0.1, 0.15) is 18.2 Å². The molecule has 4 rings (SSSR count). The summed E-state index contributed by atoms with van der Waals surface area (Å²) < 4.78 is 11.4. The first-order valence-corrected chi connectivity index (χ1v) is 15.2. The van der Waals surface area contributed by atoms with Gasteiger partial charge in [-0.1, -0.05) is 59.1 Å². The molecule has 1 fully saturated rings. The zero-order valence-corrected chi connectivity index (χ0v) is 28.0. The van der Waals surface area contributed by atoms with Gasteiger partial charge in [0.25, 0.3) is 0 Å². The Labute approximate surface area is 285 Å². The number of aromatic nitrogens is 1. The molecule has 1 aromatic heterocycles. The van der Waals surface area contributed by atoms with Crippen molar-refractivity contribution >= 4 is 64.3 Å². The van der Waals surface area contributed by atoms with E-state index in [4.69, 9.17) is 44.3 Å². The number of carbonyl (C=O) groups is 4. The summed E-state index contributed by atoms with van der Waals surface area (Å²) in [5.74, 6) is -3.12. The number of ether oxygens (including phenoxy) is 2. The second-order valence-electron chi connectivity index (χ2n) is 10.9. The van der Waals surface area contributed by atoms with E-state index in [1.54, 1.807) is 42.5 Å². The Balaban J connectivity index is 1.52. The number of nitrogens with one attached hydrogen (secondary N) is 2. The van der Waals surface area contributed by atoms with Crippen LogP contribution < -0.4 is 20.1 Å². The fraction of sp³-hybridized carbons (Fsp3) is 0.323. The van der Waals surface area contributed by atoms with Crippen molar-refractivity contribution in [2.45, 2.75) is 25.6 Å². The number of pyridine rings is 1. The van der Waals surface area contributed by atoms with Crippen molar-refractivity contribution in [1.29, 1.82) is 0 Å². The standard InChI is InChI=1S/C31H32Cl3N5O8/c1-31(15-40,29(43)44)35-12-16-11-20(32)22(37-27(16)46-4)14-47-23-10-6-8-18(25(23)34)17-7-5-9-21(24(17)33)36-26(41)19-13-38(2)30(45)39(3)28(19)42/h5-11,19,35,40H,12-15H2,1-4H3,(H,36,41)(H,43,44)/t19?,31-/m0/s1. The molecule has 0 spiro atoms. The van der Waals surface area contributed by atoms with E-state index in [1.807, 2.05) is 0 Å². The van der Waals surface area contributed by atoms with E-state index in [0.717, 1.165) is 4.90 Å². The van der Waals surface area contributed by atoms with Crippen molar-refractivity contribution in [3.63, 3.8) is 0 Å². The van der Waals surface area contributed by atoms with Gasteiger partial charge in [-0.25, -0.2) is 9.78 Å². The van der Waals surface area contributed by atoms with Crippen molar-refractivity contribution in [2.75, 3.05) is 39.7 Å². The molecule has 4 amide bonds. The Morgan fingerprint density at radius 3 is 2.38 bits per heavy atom. The number of hydrogen-bond acceptors (Lipinski definition) is 9. The maximum atomic E-state index is 13.1. The largest absolute Gasteiger partial charge is 0.486 e. The number of benzene rings is 2. The van der Waals surface area contributed by atoms with Gasteiger partial charge in [-0.15, -0.1) is 0 Å². The molecule has 0 saturated carbocycles. The van der Waals surface area contributed by atoms with E-state index in [0.29, 0.717) is 22.4 Å². The SMILES string of the molecule is COc1nc(COc2cccc(-c3cccc(NC(=O)C4CN(C)C(=O)N(C)C4=O)c3Cl)c2Cl)c(Cl)cc1CN[C@@](C)(CO)C(=O)O. The van der Waals surface area contributed by atoms with Gasteiger partial charge in [0, 0.05) is 43.9 Å². The Kier molecular flexibility index (Phi) is 11.2. The summed E-state index contributed by atoms with van der Waals surface area (Å²) in [4.78, 5) is 55.9. The van der Waals surface area contributed by atoms with Crippen LogP contribution in [0.3, 0.4) is 0 Å². The van der Waals surface area contributed by atoms with E-state index in [1.165, 1.54) is 33.0 Å². The van der Waals surface area contributed by atoms with E-state index in [2.05, 4.69) is 15.6 Å². The molecule has 47 heavy (non-hydrogen) atoms. The number of amides is 4. The smallest absolute Gasteiger partial charge is 0.326 e. The topological polar surface area (TPSA) is 171 Å². The maximum absolute atomic E-state index is 13.1. The summed E-state index contributed by atoms with van der Waals surface area (Å²) in [6.45, 7) is 0.522. The second-order valence-corrected chi connectivity index (χ2v) is 12.1. The number of imide groups is 1. The minimum atomic E-state index is -1.58. The molecule has 0 radical (unpaired) electrons. The van der Waals surface area contributed by atoms with Crippen molar-refractivity contribution in [3.8, 4) is 22.8 Å². The van der Waals surface area contributed by atoms with Crippen LogP contribution in [-0.2, 0) is 27.5 Å². The average Bonchev–Trinajstić information content (AvgIpc) is 3.05. The first-order valence-electron chi connectivity index (χ1n) is 14.1. The number of rotatable bonds is 12. The Morgan fingerprint density at radius 1 is 1.09 bits per heavy atom. The first kappa shape index (κ1) is 35.7. The van der Waals surface area contributed by atoms with Crippen LogP contribution in [0.5, 0.6) is 11.6 Å². The number of methoxy groups -OCH3 is 1. The van der Waals surface area contributed by atoms with Gasteiger partial charge in [0.1, 0.15) is 29.5 Å². The van der Waals surface area contributed by atoms with Crippen molar-refractivity contribution in [2.24, 2.45) is 5.92 Å². The molecule has 2 heterocycles. The normalized spacial score (nSPS) is 16.1. The summed E-state index contributed by atoms with van der Waals surface area (Å²) in [6, 6.07) is 11.1. The van der Waals surface area contributed by atoms with Crippen LogP contribution in [0.2, 0.25) is 15.1 Å². The summed E-state index contributed by atoms with van der Waals surface area (Å²) in [7, 11) is 4.22. The maximum Gasteiger partial charge on any atom is 0.326 e. The number of carboxylic acid groups (broad SMARTS) is 1. The number of aliphatic hydroxyl groups excluding tert-OH is 1. The number of carbonyl (C=O) groups excluding carboxylic acids is 3. The van der Waals surface area contributed by atoms with Crippen molar-refractivity contribution < 1.29 is 38.9 Å². The Morgan fingerprint density at radius 2 is 1.74 bits per heavy atom. The third-order valence-corrected chi connectivity index (χ3v) is 8.75. The molecule has 2 atom stereocenters. The van der Waals surface area contributed by atoms with E-state index >= 15 is 0 Å². The lowest BCUT2D eigenvalue weighted by atomic mass is 10.0. The lowest BCUT2D eigenvalue weighted by Crippen LogP contribution is -2.56. The first-order chi connectivity index (χ1) is 22.2.